The molecule has 1 fully saturated rings. The summed E-state index contributed by atoms with van der Waals surface area (Å²) in [7, 11) is 2.13. The highest BCUT2D eigenvalue weighted by molar-refractivity contribution is 4.94. The zero-order chi connectivity index (χ0) is 7.61. The van der Waals surface area contributed by atoms with Gasteiger partial charge in [-0.05, 0) is 32.9 Å². The Morgan fingerprint density at radius 1 is 1.50 bits per heavy atom. The van der Waals surface area contributed by atoms with Gasteiger partial charge in [0.15, 0.2) is 0 Å². The fraction of sp³-hybridized carbons (Fsp3) is 1.00. The minimum Gasteiger partial charge on any atom is -0.324 e. The van der Waals surface area contributed by atoms with Gasteiger partial charge in [0.05, 0.1) is 0 Å². The molecule has 0 saturated heterocycles. The summed E-state index contributed by atoms with van der Waals surface area (Å²) in [6.45, 7) is 4.35. The smallest absolute Gasteiger partial charge is 0.0283 e. The van der Waals surface area contributed by atoms with Crippen LogP contribution in [0.4, 0.5) is 0 Å². The zero-order valence-electron chi connectivity index (χ0n) is 7.06. The highest BCUT2D eigenvalue weighted by Gasteiger charge is 2.32. The van der Waals surface area contributed by atoms with Crippen LogP contribution in [-0.2, 0) is 0 Å². The van der Waals surface area contributed by atoms with Crippen LogP contribution in [0.1, 0.15) is 26.2 Å². The third-order valence-electron chi connectivity index (χ3n) is 2.47. The number of nitrogens with zero attached hydrogens (tertiary/aromatic N) is 1. The molecule has 0 amide bonds. The molecule has 0 unspecified atom stereocenters. The van der Waals surface area contributed by atoms with E-state index in [-0.39, 0.29) is 5.54 Å². The first-order chi connectivity index (χ1) is 4.66. The molecular weight excluding hydrogens is 124 g/mol. The fourth-order valence-corrected chi connectivity index (χ4v) is 1.44. The molecule has 2 heteroatoms. The molecule has 0 aromatic carbocycles. The second-order valence-corrected chi connectivity index (χ2v) is 3.55. The SMILES string of the molecule is CCN(C)CC1(N)CCC1. The quantitative estimate of drug-likeness (QED) is 0.632. The predicted octanol–water partition coefficient (Wildman–Crippen LogP) is 0.819. The van der Waals surface area contributed by atoms with Crippen molar-refractivity contribution in [3.8, 4) is 0 Å². The van der Waals surface area contributed by atoms with Crippen LogP contribution in [0.3, 0.4) is 0 Å². The highest BCUT2D eigenvalue weighted by atomic mass is 15.1. The Balaban J connectivity index is 2.22. The predicted molar refractivity (Wildman–Crippen MR) is 43.9 cm³/mol. The van der Waals surface area contributed by atoms with E-state index in [1.54, 1.807) is 0 Å². The molecule has 0 bridgehead atoms. The van der Waals surface area contributed by atoms with Gasteiger partial charge in [0.1, 0.15) is 0 Å². The molecule has 0 aliphatic heterocycles. The van der Waals surface area contributed by atoms with Crippen LogP contribution in [-0.4, -0.2) is 30.6 Å². The van der Waals surface area contributed by atoms with Crippen LogP contribution in [0.2, 0.25) is 0 Å². The lowest BCUT2D eigenvalue weighted by Gasteiger charge is -2.40. The van der Waals surface area contributed by atoms with Crippen molar-refractivity contribution >= 4 is 0 Å². The minimum atomic E-state index is 0.171. The molecule has 0 aromatic rings. The van der Waals surface area contributed by atoms with Gasteiger partial charge in [0, 0.05) is 12.1 Å². The average Bonchev–Trinajstić information content (AvgIpc) is 1.84. The summed E-state index contributed by atoms with van der Waals surface area (Å²) in [6.07, 6.45) is 3.77. The lowest BCUT2D eigenvalue weighted by Crippen LogP contribution is -2.54. The van der Waals surface area contributed by atoms with Crippen LogP contribution in [0.15, 0.2) is 0 Å². The largest absolute Gasteiger partial charge is 0.324 e. The molecule has 0 spiro atoms. The molecule has 0 radical (unpaired) electrons. The molecule has 0 atom stereocenters. The van der Waals surface area contributed by atoms with Gasteiger partial charge in [-0.3, -0.25) is 0 Å². The van der Waals surface area contributed by atoms with Gasteiger partial charge in [-0.2, -0.15) is 0 Å². The van der Waals surface area contributed by atoms with Crippen LogP contribution in [0.5, 0.6) is 0 Å². The molecule has 10 heavy (non-hydrogen) atoms. The van der Waals surface area contributed by atoms with Gasteiger partial charge >= 0.3 is 0 Å². The monoisotopic (exact) mass is 142 g/mol. The number of hydrogen-bond acceptors (Lipinski definition) is 2. The Morgan fingerprint density at radius 2 is 2.10 bits per heavy atom. The summed E-state index contributed by atoms with van der Waals surface area (Å²) in [5.41, 5.74) is 6.21. The molecule has 2 N–H and O–H groups in total. The van der Waals surface area contributed by atoms with E-state index in [0.29, 0.717) is 0 Å². The van der Waals surface area contributed by atoms with Gasteiger partial charge in [0.25, 0.3) is 0 Å². The maximum Gasteiger partial charge on any atom is 0.0283 e. The Labute approximate surface area is 63.4 Å². The maximum absolute atomic E-state index is 6.04. The minimum absolute atomic E-state index is 0.171. The Bertz CT molecular complexity index is 108. The van der Waals surface area contributed by atoms with E-state index in [1.807, 2.05) is 0 Å². The summed E-state index contributed by atoms with van der Waals surface area (Å²) in [4.78, 5) is 2.29. The Kier molecular flexibility index (Phi) is 2.32. The van der Waals surface area contributed by atoms with Gasteiger partial charge < -0.3 is 10.6 Å². The third-order valence-corrected chi connectivity index (χ3v) is 2.47. The highest BCUT2D eigenvalue weighted by Crippen LogP contribution is 2.29. The number of likely N-dealkylation sites (N-methyl/N-ethyl adjacent to an activating group) is 1. The van der Waals surface area contributed by atoms with E-state index < -0.39 is 0 Å². The Morgan fingerprint density at radius 3 is 2.40 bits per heavy atom. The van der Waals surface area contributed by atoms with Crippen molar-refractivity contribution in [3.63, 3.8) is 0 Å². The molecule has 1 saturated carbocycles. The van der Waals surface area contributed by atoms with E-state index in [0.717, 1.165) is 13.1 Å². The van der Waals surface area contributed by atoms with Gasteiger partial charge in [0.2, 0.25) is 0 Å². The van der Waals surface area contributed by atoms with Crippen molar-refractivity contribution in [2.75, 3.05) is 20.1 Å². The third kappa shape index (κ3) is 1.70. The molecule has 1 aliphatic rings. The standard InChI is InChI=1S/C8H18N2/c1-3-10(2)7-8(9)5-4-6-8/h3-7,9H2,1-2H3. The van der Waals surface area contributed by atoms with Crippen molar-refractivity contribution in [2.45, 2.75) is 31.7 Å². The number of hydrogen-bond donors (Lipinski definition) is 1. The molecule has 1 aliphatic carbocycles. The van der Waals surface area contributed by atoms with E-state index in [1.165, 1.54) is 19.3 Å². The number of nitrogens with two attached hydrogens (primary N) is 1. The first-order valence-electron chi connectivity index (χ1n) is 4.14. The summed E-state index contributed by atoms with van der Waals surface area (Å²) in [5, 5.41) is 0. The van der Waals surface area contributed by atoms with E-state index >= 15 is 0 Å². The van der Waals surface area contributed by atoms with E-state index in [2.05, 4.69) is 18.9 Å². The van der Waals surface area contributed by atoms with Crippen molar-refractivity contribution in [3.05, 3.63) is 0 Å². The Hall–Kier alpha value is -0.0800. The summed E-state index contributed by atoms with van der Waals surface area (Å²) in [6, 6.07) is 0. The zero-order valence-corrected chi connectivity index (χ0v) is 7.06. The molecule has 0 aromatic heterocycles. The lowest BCUT2D eigenvalue weighted by molar-refractivity contribution is 0.170. The van der Waals surface area contributed by atoms with Crippen LogP contribution in [0.25, 0.3) is 0 Å². The summed E-state index contributed by atoms with van der Waals surface area (Å²) >= 11 is 0. The molecular formula is C8H18N2. The second kappa shape index (κ2) is 2.89. The first kappa shape index (κ1) is 8.02. The lowest BCUT2D eigenvalue weighted by atomic mass is 9.77. The van der Waals surface area contributed by atoms with Crippen LogP contribution >= 0.6 is 0 Å². The van der Waals surface area contributed by atoms with Crippen molar-refractivity contribution in [1.82, 2.24) is 4.90 Å². The normalized spacial score (nSPS) is 22.8. The van der Waals surface area contributed by atoms with Crippen molar-refractivity contribution < 1.29 is 0 Å². The van der Waals surface area contributed by atoms with Gasteiger partial charge in [-0.25, -0.2) is 0 Å². The van der Waals surface area contributed by atoms with Crippen LogP contribution < -0.4 is 5.73 Å². The van der Waals surface area contributed by atoms with Gasteiger partial charge in [-0.1, -0.05) is 6.92 Å². The maximum atomic E-state index is 6.04. The summed E-state index contributed by atoms with van der Waals surface area (Å²) in [5.74, 6) is 0. The second-order valence-electron chi connectivity index (χ2n) is 3.55. The van der Waals surface area contributed by atoms with Crippen molar-refractivity contribution in [1.29, 1.82) is 0 Å². The first-order valence-corrected chi connectivity index (χ1v) is 4.14. The summed E-state index contributed by atoms with van der Waals surface area (Å²) < 4.78 is 0. The molecule has 0 heterocycles. The molecule has 2 nitrogen and oxygen atoms in total. The van der Waals surface area contributed by atoms with Gasteiger partial charge in [-0.15, -0.1) is 0 Å². The van der Waals surface area contributed by atoms with Crippen LogP contribution in [0, 0.1) is 0 Å². The van der Waals surface area contributed by atoms with Crippen molar-refractivity contribution in [2.24, 2.45) is 5.73 Å². The fourth-order valence-electron chi connectivity index (χ4n) is 1.44. The average molecular weight is 142 g/mol. The topological polar surface area (TPSA) is 29.3 Å². The van der Waals surface area contributed by atoms with E-state index in [9.17, 15) is 0 Å². The number of rotatable bonds is 3. The molecule has 60 valence electrons. The van der Waals surface area contributed by atoms with E-state index in [4.69, 9.17) is 5.73 Å². The molecule has 1 rings (SSSR count).